The van der Waals surface area contributed by atoms with E-state index in [-0.39, 0.29) is 6.04 Å². The van der Waals surface area contributed by atoms with Gasteiger partial charge in [0.25, 0.3) is 0 Å². The van der Waals surface area contributed by atoms with Crippen molar-refractivity contribution >= 4 is 18.4 Å². The van der Waals surface area contributed by atoms with Gasteiger partial charge in [-0.15, -0.1) is 0 Å². The van der Waals surface area contributed by atoms with E-state index in [1.54, 1.807) is 0 Å². The Morgan fingerprint density at radius 2 is 1.00 bits per heavy atom. The summed E-state index contributed by atoms with van der Waals surface area (Å²) in [5.41, 5.74) is 3.21. The average molecular weight is 554 g/mol. The quantitative estimate of drug-likeness (QED) is 0.162. The summed E-state index contributed by atoms with van der Waals surface area (Å²) in [6, 6.07) is 55.3. The fourth-order valence-electron chi connectivity index (χ4n) is 7.21. The highest BCUT2D eigenvalue weighted by atomic mass is 28.3. The van der Waals surface area contributed by atoms with E-state index < -0.39 is 19.7 Å². The van der Waals surface area contributed by atoms with Crippen molar-refractivity contribution in [1.82, 2.24) is 4.90 Å². The summed E-state index contributed by atoms with van der Waals surface area (Å²) < 4.78 is 0. The van der Waals surface area contributed by atoms with Crippen LogP contribution in [-0.2, 0) is 5.54 Å². The Balaban J connectivity index is 1.48. The van der Waals surface area contributed by atoms with Gasteiger partial charge in [0.2, 0.25) is 0 Å². The predicted octanol–water partition coefficient (Wildman–Crippen LogP) is 6.70. The third kappa shape index (κ3) is 5.10. The molecule has 0 aliphatic carbocycles. The van der Waals surface area contributed by atoms with Crippen LogP contribution in [0.1, 0.15) is 29.5 Å². The lowest BCUT2D eigenvalue weighted by molar-refractivity contribution is 0.0431. The molecule has 0 bridgehead atoms. The lowest BCUT2D eigenvalue weighted by Gasteiger charge is -2.48. The molecule has 2 atom stereocenters. The van der Waals surface area contributed by atoms with Crippen LogP contribution < -0.4 is 10.4 Å². The Bertz CT molecular complexity index is 1370. The molecule has 0 radical (unpaired) electrons. The molecule has 41 heavy (non-hydrogen) atoms. The van der Waals surface area contributed by atoms with Crippen molar-refractivity contribution in [2.75, 3.05) is 6.54 Å². The molecule has 0 aromatic heterocycles. The molecule has 5 aromatic rings. The number of nitrogens with zero attached hydrogens (tertiary/aromatic N) is 1. The van der Waals surface area contributed by atoms with Gasteiger partial charge in [-0.05, 0) is 35.6 Å². The predicted molar refractivity (Wildman–Crippen MR) is 174 cm³/mol. The van der Waals surface area contributed by atoms with E-state index in [0.29, 0.717) is 0 Å². The highest BCUT2D eigenvalue weighted by molar-refractivity contribution is 7.01. The minimum absolute atomic E-state index is 0.0230. The highest BCUT2D eigenvalue weighted by Gasteiger charge is 2.49. The van der Waals surface area contributed by atoms with Crippen LogP contribution in [-0.4, -0.2) is 36.8 Å². The third-order valence-electron chi connectivity index (χ3n) is 9.19. The first-order chi connectivity index (χ1) is 20.1. The van der Waals surface area contributed by atoms with Gasteiger partial charge in [-0.25, -0.2) is 0 Å². The lowest BCUT2D eigenvalue weighted by Crippen LogP contribution is -2.60. The Kier molecular flexibility index (Phi) is 8.02. The van der Waals surface area contributed by atoms with Gasteiger partial charge in [0.15, 0.2) is 0 Å². The first-order valence-corrected chi connectivity index (χ1v) is 17.6. The molecule has 0 amide bonds. The van der Waals surface area contributed by atoms with Crippen molar-refractivity contribution in [2.45, 2.75) is 43.1 Å². The zero-order chi connectivity index (χ0) is 28.1. The molecule has 1 unspecified atom stereocenters. The zero-order valence-electron chi connectivity index (χ0n) is 23.8. The van der Waals surface area contributed by atoms with Crippen LogP contribution in [0.15, 0.2) is 152 Å². The number of likely N-dealkylation sites (tertiary alicyclic amines) is 1. The second-order valence-electron chi connectivity index (χ2n) is 11.5. The van der Waals surface area contributed by atoms with Crippen molar-refractivity contribution < 1.29 is 5.11 Å². The van der Waals surface area contributed by atoms with Crippen molar-refractivity contribution in [1.29, 1.82) is 0 Å². The number of hydrogen-bond acceptors (Lipinski definition) is 2. The molecule has 1 heterocycles. The first-order valence-electron chi connectivity index (χ1n) is 14.9. The molecule has 3 heteroatoms. The van der Waals surface area contributed by atoms with Gasteiger partial charge in [0, 0.05) is 12.6 Å². The van der Waals surface area contributed by atoms with Gasteiger partial charge in [0.05, 0.1) is 11.6 Å². The molecule has 5 aromatic carbocycles. The van der Waals surface area contributed by atoms with Crippen LogP contribution in [0.4, 0.5) is 0 Å². The van der Waals surface area contributed by atoms with E-state index in [0.717, 1.165) is 25.4 Å². The van der Waals surface area contributed by atoms with Crippen LogP contribution in [0.25, 0.3) is 0 Å². The van der Waals surface area contributed by atoms with Gasteiger partial charge in [-0.1, -0.05) is 169 Å². The Morgan fingerprint density at radius 1 is 0.634 bits per heavy atom. The second kappa shape index (κ2) is 12.0. The number of aliphatic hydroxyl groups is 1. The minimum Gasteiger partial charge on any atom is -0.392 e. The molecule has 1 fully saturated rings. The molecule has 1 saturated heterocycles. The number of hydrogen-bond donors (Lipinski definition) is 1. The third-order valence-corrected chi connectivity index (χ3v) is 13.6. The summed E-state index contributed by atoms with van der Waals surface area (Å²) in [7, 11) is -2.24. The molecule has 1 aliphatic heterocycles. The highest BCUT2D eigenvalue weighted by Crippen LogP contribution is 2.46. The Labute approximate surface area is 246 Å². The second-order valence-corrected chi connectivity index (χ2v) is 15.8. The largest absolute Gasteiger partial charge is 0.392 e. The first kappa shape index (κ1) is 27.4. The van der Waals surface area contributed by atoms with Crippen LogP contribution in [0, 0.1) is 0 Å². The molecule has 0 saturated carbocycles. The molecule has 1 aliphatic rings. The summed E-state index contributed by atoms with van der Waals surface area (Å²) in [6.07, 6.45) is 1.57. The van der Waals surface area contributed by atoms with Crippen molar-refractivity contribution in [3.8, 4) is 0 Å². The van der Waals surface area contributed by atoms with Crippen LogP contribution in [0.5, 0.6) is 0 Å². The zero-order valence-corrected chi connectivity index (χ0v) is 24.8. The lowest BCUT2D eigenvalue weighted by atomic mass is 9.75. The fourth-order valence-corrected chi connectivity index (χ4v) is 11.0. The molecule has 0 spiro atoms. The SMILES string of the molecule is C[Si](C[C@H](O)C1CCCN1C(c1ccccc1)(c1ccccc1)c1ccccc1)(c1ccccc1)c1ccccc1. The van der Waals surface area contributed by atoms with Crippen molar-refractivity contribution in [3.63, 3.8) is 0 Å². The van der Waals surface area contributed by atoms with Gasteiger partial charge in [-0.2, -0.15) is 0 Å². The van der Waals surface area contributed by atoms with Gasteiger partial charge < -0.3 is 5.11 Å². The van der Waals surface area contributed by atoms with Gasteiger partial charge >= 0.3 is 0 Å². The normalized spacial score (nSPS) is 16.9. The summed E-state index contributed by atoms with van der Waals surface area (Å²) in [5, 5.41) is 15.1. The summed E-state index contributed by atoms with van der Waals surface area (Å²) >= 11 is 0. The van der Waals surface area contributed by atoms with E-state index in [1.165, 1.54) is 27.1 Å². The summed E-state index contributed by atoms with van der Waals surface area (Å²) in [6.45, 7) is 3.36. The fraction of sp³-hybridized carbons (Fsp3) is 0.211. The molecule has 6 rings (SSSR count). The maximum absolute atomic E-state index is 12.4. The Hall–Kier alpha value is -3.76. The van der Waals surface area contributed by atoms with Crippen LogP contribution in [0.2, 0.25) is 12.6 Å². The maximum atomic E-state index is 12.4. The molecule has 2 nitrogen and oxygen atoms in total. The maximum Gasteiger partial charge on any atom is 0.117 e. The van der Waals surface area contributed by atoms with Gasteiger partial charge in [0.1, 0.15) is 8.07 Å². The monoisotopic (exact) mass is 553 g/mol. The standard InChI is InChI=1S/C38H39NOSi/c1-41(34-24-13-5-14-25-34,35-26-15-6-16-27-35)30-37(40)36-28-17-29-39(36)38(31-18-7-2-8-19-31,32-20-9-3-10-21-32)33-22-11-4-12-23-33/h2-16,18-27,36-37,40H,17,28-30H2,1H3/t36?,37-/m0/s1. The van der Waals surface area contributed by atoms with Crippen molar-refractivity contribution in [3.05, 3.63) is 168 Å². The summed E-state index contributed by atoms with van der Waals surface area (Å²) in [4.78, 5) is 2.63. The van der Waals surface area contributed by atoms with E-state index in [4.69, 9.17) is 0 Å². The van der Waals surface area contributed by atoms with E-state index in [2.05, 4.69) is 163 Å². The molecule has 1 N–H and O–H groups in total. The number of aliphatic hydroxyl groups excluding tert-OH is 1. The van der Waals surface area contributed by atoms with Crippen LogP contribution in [0.3, 0.4) is 0 Å². The van der Waals surface area contributed by atoms with Gasteiger partial charge in [-0.3, -0.25) is 4.90 Å². The number of rotatable bonds is 9. The summed E-state index contributed by atoms with van der Waals surface area (Å²) in [5.74, 6) is 0. The topological polar surface area (TPSA) is 23.5 Å². The smallest absolute Gasteiger partial charge is 0.117 e. The van der Waals surface area contributed by atoms with E-state index in [1.807, 2.05) is 0 Å². The van der Waals surface area contributed by atoms with Crippen molar-refractivity contribution in [2.24, 2.45) is 0 Å². The Morgan fingerprint density at radius 3 is 1.39 bits per heavy atom. The van der Waals surface area contributed by atoms with E-state index in [9.17, 15) is 5.11 Å². The van der Waals surface area contributed by atoms with Crippen LogP contribution >= 0.6 is 0 Å². The molecular weight excluding hydrogens is 515 g/mol. The molecule has 206 valence electrons. The molecular formula is C38H39NOSi. The van der Waals surface area contributed by atoms with E-state index >= 15 is 0 Å². The average Bonchev–Trinajstić information content (AvgIpc) is 3.54. The number of benzene rings is 5. The minimum atomic E-state index is -2.24.